The highest BCUT2D eigenvalue weighted by Crippen LogP contribution is 2.31. The summed E-state index contributed by atoms with van der Waals surface area (Å²) in [5.74, 6) is 2.03. The third-order valence-electron chi connectivity index (χ3n) is 5.02. The molecule has 0 atom stereocenters. The topological polar surface area (TPSA) is 69.3 Å². The van der Waals surface area contributed by atoms with Gasteiger partial charge in [-0.05, 0) is 56.7 Å². The van der Waals surface area contributed by atoms with Gasteiger partial charge in [-0.2, -0.15) is 5.10 Å². The van der Waals surface area contributed by atoms with Crippen molar-refractivity contribution in [3.8, 4) is 17.3 Å². The number of nitrogens with one attached hydrogen (secondary N) is 1. The molecule has 0 bridgehead atoms. The number of furan rings is 1. The van der Waals surface area contributed by atoms with Crippen LogP contribution in [-0.2, 0) is 17.8 Å². The fraction of sp³-hybridized carbons (Fsp3) is 0.200. The predicted molar refractivity (Wildman–Crippen MR) is 118 cm³/mol. The molecule has 0 saturated heterocycles. The molecule has 0 fully saturated rings. The Balaban J connectivity index is 1.56. The number of aryl methyl sites for hydroxylation is 2. The standard InChI is InChI=1S/C25H25N3O3/c1-18-10-12-21(13-11-18)31-25-23(14-15-24(29)26-17-22-9-6-16-30-22)19(2)27-28(25)20-7-4-3-5-8-20/h3-13,16H,14-15,17H2,1-2H3,(H,26,29). The lowest BCUT2D eigenvalue weighted by molar-refractivity contribution is -0.121. The molecule has 1 amide bonds. The lowest BCUT2D eigenvalue weighted by Gasteiger charge is -2.12. The Hall–Kier alpha value is -3.80. The first-order valence-electron chi connectivity index (χ1n) is 10.3. The fourth-order valence-electron chi connectivity index (χ4n) is 3.32. The van der Waals surface area contributed by atoms with Gasteiger partial charge in [0.1, 0.15) is 11.5 Å². The van der Waals surface area contributed by atoms with E-state index in [1.807, 2.05) is 74.5 Å². The van der Waals surface area contributed by atoms with E-state index < -0.39 is 0 Å². The Morgan fingerprint density at radius 3 is 2.52 bits per heavy atom. The Bertz CT molecular complexity index is 1130. The number of hydrogen-bond acceptors (Lipinski definition) is 4. The zero-order valence-corrected chi connectivity index (χ0v) is 17.7. The molecule has 6 heteroatoms. The van der Waals surface area contributed by atoms with E-state index in [1.165, 1.54) is 0 Å². The maximum atomic E-state index is 12.4. The molecule has 31 heavy (non-hydrogen) atoms. The van der Waals surface area contributed by atoms with Crippen LogP contribution in [0, 0.1) is 13.8 Å². The van der Waals surface area contributed by atoms with Gasteiger partial charge in [0.2, 0.25) is 11.8 Å². The third kappa shape index (κ3) is 5.04. The van der Waals surface area contributed by atoms with E-state index in [2.05, 4.69) is 5.32 Å². The predicted octanol–water partition coefficient (Wildman–Crippen LogP) is 5.12. The molecular formula is C25H25N3O3. The van der Waals surface area contributed by atoms with Crippen molar-refractivity contribution in [3.05, 3.63) is 95.6 Å². The summed E-state index contributed by atoms with van der Waals surface area (Å²) in [7, 11) is 0. The van der Waals surface area contributed by atoms with Crippen molar-refractivity contribution >= 4 is 5.91 Å². The van der Waals surface area contributed by atoms with Crippen molar-refractivity contribution in [1.29, 1.82) is 0 Å². The molecule has 1 N–H and O–H groups in total. The van der Waals surface area contributed by atoms with Crippen molar-refractivity contribution in [2.45, 2.75) is 33.2 Å². The number of carbonyl (C=O) groups excluding carboxylic acids is 1. The van der Waals surface area contributed by atoms with Crippen LogP contribution in [-0.4, -0.2) is 15.7 Å². The van der Waals surface area contributed by atoms with Crippen LogP contribution in [0.1, 0.15) is 29.0 Å². The number of amides is 1. The van der Waals surface area contributed by atoms with E-state index in [9.17, 15) is 4.79 Å². The van der Waals surface area contributed by atoms with Gasteiger partial charge in [-0.15, -0.1) is 0 Å². The number of rotatable bonds is 8. The highest BCUT2D eigenvalue weighted by Gasteiger charge is 2.20. The van der Waals surface area contributed by atoms with Gasteiger partial charge >= 0.3 is 0 Å². The Morgan fingerprint density at radius 2 is 1.81 bits per heavy atom. The minimum atomic E-state index is -0.0513. The fourth-order valence-corrected chi connectivity index (χ4v) is 3.32. The van der Waals surface area contributed by atoms with E-state index in [-0.39, 0.29) is 5.91 Å². The zero-order chi connectivity index (χ0) is 21.6. The van der Waals surface area contributed by atoms with Crippen molar-refractivity contribution in [2.24, 2.45) is 0 Å². The summed E-state index contributed by atoms with van der Waals surface area (Å²) in [5.41, 5.74) is 3.82. The molecule has 2 aromatic heterocycles. The quantitative estimate of drug-likeness (QED) is 0.433. The van der Waals surface area contributed by atoms with Gasteiger partial charge in [0, 0.05) is 12.0 Å². The van der Waals surface area contributed by atoms with E-state index in [0.717, 1.165) is 34.0 Å². The van der Waals surface area contributed by atoms with Gasteiger partial charge in [0.05, 0.1) is 24.2 Å². The third-order valence-corrected chi connectivity index (χ3v) is 5.02. The molecule has 2 aromatic carbocycles. The monoisotopic (exact) mass is 415 g/mol. The first-order chi connectivity index (χ1) is 15.1. The lowest BCUT2D eigenvalue weighted by Crippen LogP contribution is -2.22. The summed E-state index contributed by atoms with van der Waals surface area (Å²) >= 11 is 0. The van der Waals surface area contributed by atoms with E-state index >= 15 is 0 Å². The first-order valence-corrected chi connectivity index (χ1v) is 10.3. The number of nitrogens with zero attached hydrogens (tertiary/aromatic N) is 2. The van der Waals surface area contributed by atoms with Crippen LogP contribution in [0.4, 0.5) is 0 Å². The second-order valence-electron chi connectivity index (χ2n) is 7.39. The summed E-state index contributed by atoms with van der Waals surface area (Å²) < 4.78 is 13.3. The maximum absolute atomic E-state index is 12.4. The molecule has 6 nitrogen and oxygen atoms in total. The van der Waals surface area contributed by atoms with Gasteiger partial charge < -0.3 is 14.5 Å². The molecule has 4 aromatic rings. The Kier molecular flexibility index (Phi) is 6.17. The summed E-state index contributed by atoms with van der Waals surface area (Å²) in [5, 5.41) is 7.59. The molecule has 2 heterocycles. The molecule has 0 unspecified atom stereocenters. The lowest BCUT2D eigenvalue weighted by atomic mass is 10.1. The van der Waals surface area contributed by atoms with Gasteiger partial charge in [-0.1, -0.05) is 35.9 Å². The van der Waals surface area contributed by atoms with Crippen LogP contribution in [0.15, 0.2) is 77.4 Å². The van der Waals surface area contributed by atoms with Crippen LogP contribution < -0.4 is 10.1 Å². The molecule has 0 spiro atoms. The van der Waals surface area contributed by atoms with E-state index in [1.54, 1.807) is 17.0 Å². The molecule has 0 saturated carbocycles. The summed E-state index contributed by atoms with van der Waals surface area (Å²) in [4.78, 5) is 12.4. The average molecular weight is 415 g/mol. The molecule has 158 valence electrons. The molecule has 0 aliphatic heterocycles. The van der Waals surface area contributed by atoms with Crippen molar-refractivity contribution in [3.63, 3.8) is 0 Å². The smallest absolute Gasteiger partial charge is 0.226 e. The van der Waals surface area contributed by atoms with Gasteiger partial charge in [-0.3, -0.25) is 4.79 Å². The first kappa shape index (κ1) is 20.5. The van der Waals surface area contributed by atoms with E-state index in [4.69, 9.17) is 14.3 Å². The SMILES string of the molecule is Cc1ccc(Oc2c(CCC(=O)NCc3ccco3)c(C)nn2-c2ccccc2)cc1. The zero-order valence-electron chi connectivity index (χ0n) is 17.7. The van der Waals surface area contributed by atoms with Crippen molar-refractivity contribution in [1.82, 2.24) is 15.1 Å². The highest BCUT2D eigenvalue weighted by atomic mass is 16.5. The molecule has 0 aliphatic rings. The number of ether oxygens (including phenoxy) is 1. The summed E-state index contributed by atoms with van der Waals surface area (Å²) in [6.07, 6.45) is 2.44. The van der Waals surface area contributed by atoms with Crippen LogP contribution in [0.25, 0.3) is 5.69 Å². The number of para-hydroxylation sites is 1. The number of carbonyl (C=O) groups is 1. The maximum Gasteiger partial charge on any atom is 0.226 e. The molecule has 4 rings (SSSR count). The normalized spacial score (nSPS) is 10.8. The van der Waals surface area contributed by atoms with Crippen LogP contribution >= 0.6 is 0 Å². The second-order valence-corrected chi connectivity index (χ2v) is 7.39. The molecule has 0 aliphatic carbocycles. The summed E-state index contributed by atoms with van der Waals surface area (Å²) in [6.45, 7) is 4.35. The van der Waals surface area contributed by atoms with Gasteiger partial charge in [-0.25, -0.2) is 4.68 Å². The van der Waals surface area contributed by atoms with Gasteiger partial charge in [0.25, 0.3) is 0 Å². The molecular weight excluding hydrogens is 390 g/mol. The minimum absolute atomic E-state index is 0.0513. The minimum Gasteiger partial charge on any atom is -0.467 e. The van der Waals surface area contributed by atoms with Crippen molar-refractivity contribution < 1.29 is 13.9 Å². The Morgan fingerprint density at radius 1 is 1.03 bits per heavy atom. The average Bonchev–Trinajstić information content (AvgIpc) is 3.41. The number of benzene rings is 2. The van der Waals surface area contributed by atoms with E-state index in [0.29, 0.717) is 25.3 Å². The Labute approximate surface area is 181 Å². The number of hydrogen-bond donors (Lipinski definition) is 1. The van der Waals surface area contributed by atoms with Crippen LogP contribution in [0.3, 0.4) is 0 Å². The second kappa shape index (κ2) is 9.34. The van der Waals surface area contributed by atoms with Gasteiger partial charge in [0.15, 0.2) is 0 Å². The molecule has 0 radical (unpaired) electrons. The summed E-state index contributed by atoms with van der Waals surface area (Å²) in [6, 6.07) is 21.4. The largest absolute Gasteiger partial charge is 0.467 e. The highest BCUT2D eigenvalue weighted by molar-refractivity contribution is 5.76. The van der Waals surface area contributed by atoms with Crippen LogP contribution in [0.5, 0.6) is 11.6 Å². The number of aromatic nitrogens is 2. The van der Waals surface area contributed by atoms with Crippen LogP contribution in [0.2, 0.25) is 0 Å². The van der Waals surface area contributed by atoms with Crippen molar-refractivity contribution in [2.75, 3.05) is 0 Å².